The Balaban J connectivity index is 1.73. The van der Waals surface area contributed by atoms with Crippen LogP contribution in [-0.2, 0) is 14.3 Å². The van der Waals surface area contributed by atoms with Crippen LogP contribution < -0.4 is 15.5 Å². The van der Waals surface area contributed by atoms with Gasteiger partial charge in [0.25, 0.3) is 0 Å². The third-order valence-corrected chi connectivity index (χ3v) is 6.78. The van der Waals surface area contributed by atoms with E-state index >= 15 is 0 Å². The van der Waals surface area contributed by atoms with Gasteiger partial charge in [-0.05, 0) is 20.3 Å². The first-order valence-electron chi connectivity index (χ1n) is 9.42. The number of halogens is 1. The minimum atomic E-state index is -1.51. The van der Waals surface area contributed by atoms with Crippen LogP contribution in [0.4, 0.5) is 10.5 Å². The average Bonchev–Trinajstić information content (AvgIpc) is 3.13. The van der Waals surface area contributed by atoms with Gasteiger partial charge in [-0.1, -0.05) is 16.8 Å². The molecule has 5 heterocycles. The van der Waals surface area contributed by atoms with Gasteiger partial charge < -0.3 is 19.1 Å². The monoisotopic (exact) mass is 421 g/mol. The fraction of sp³-hybridized carbons (Fsp3) is 0.556. The summed E-state index contributed by atoms with van der Waals surface area (Å²) in [6, 6.07) is -1.83. The number of nitrogens with one attached hydrogen (secondary N) is 2. The molecular weight excluding hydrogens is 402 g/mol. The molecule has 1 aromatic heterocycles. The van der Waals surface area contributed by atoms with E-state index in [1.54, 1.807) is 6.20 Å². The number of piperidine rings is 1. The van der Waals surface area contributed by atoms with Gasteiger partial charge in [-0.25, -0.2) is 4.79 Å². The maximum atomic E-state index is 13.2. The second-order valence-electron chi connectivity index (χ2n) is 8.03. The van der Waals surface area contributed by atoms with Crippen LogP contribution in [0.1, 0.15) is 26.0 Å². The second kappa shape index (κ2) is 5.96. The predicted octanol–water partition coefficient (Wildman–Crippen LogP) is 0.634. The Bertz CT molecular complexity index is 954. The van der Waals surface area contributed by atoms with Crippen molar-refractivity contribution in [2.75, 3.05) is 18.5 Å². The molecule has 0 radical (unpaired) electrons. The summed E-state index contributed by atoms with van der Waals surface area (Å²) in [6.07, 6.45) is 1.09. The lowest BCUT2D eigenvalue weighted by Crippen LogP contribution is -2.76. The topological polar surface area (TPSA) is 117 Å². The van der Waals surface area contributed by atoms with Crippen molar-refractivity contribution in [3.63, 3.8) is 0 Å². The number of carbonyl (C=O) groups excluding carboxylic acids is 3. The van der Waals surface area contributed by atoms with Crippen LogP contribution in [-0.4, -0.2) is 65.8 Å². The van der Waals surface area contributed by atoms with E-state index in [-0.39, 0.29) is 18.6 Å². The summed E-state index contributed by atoms with van der Waals surface area (Å²) in [5.41, 5.74) is -0.0604. The molecule has 4 atom stereocenters. The smallest absolute Gasteiger partial charge is 0.328 e. The Kier molecular flexibility index (Phi) is 3.79. The standard InChI is InChI=1S/C18H20ClN5O5/c1-7-6-24-12-9(23(3)10-5-20-29-13(10)11(12)19)4-18(14(24)8(2)28-7)15(25)21-17(27)22-16(18)26/h5,7-9,14H,4,6H2,1-3H3,(H2,21,22,25,26,27)/t7-,8+,9?,14-/m1/s1. The molecule has 10 nitrogen and oxygen atoms in total. The SMILES string of the molecule is C[C@@H]1CN2C3=C(Cl)c4oncc4N(C)C3CC3(C(=O)NC(=O)NC3=O)[C@H]2[C@H](C)O1. The van der Waals surface area contributed by atoms with Gasteiger partial charge in [0, 0.05) is 13.6 Å². The van der Waals surface area contributed by atoms with Crippen LogP contribution >= 0.6 is 11.6 Å². The van der Waals surface area contributed by atoms with Gasteiger partial charge in [-0.15, -0.1) is 0 Å². The first-order valence-corrected chi connectivity index (χ1v) is 9.80. The van der Waals surface area contributed by atoms with Crippen LogP contribution in [0.3, 0.4) is 0 Å². The van der Waals surface area contributed by atoms with Gasteiger partial charge in [0.15, 0.2) is 5.41 Å². The van der Waals surface area contributed by atoms with E-state index in [1.807, 2.05) is 30.7 Å². The number of carbonyl (C=O) groups is 3. The third kappa shape index (κ3) is 2.26. The van der Waals surface area contributed by atoms with Crippen LogP contribution in [0.15, 0.2) is 16.4 Å². The number of rotatable bonds is 0. The minimum absolute atomic E-state index is 0.133. The number of hydrogen-bond donors (Lipinski definition) is 2. The summed E-state index contributed by atoms with van der Waals surface area (Å²) >= 11 is 6.75. The summed E-state index contributed by atoms with van der Waals surface area (Å²) in [5, 5.41) is 8.83. The molecule has 4 aliphatic rings. The Hall–Kier alpha value is -2.59. The quantitative estimate of drug-likeness (QED) is 0.586. The lowest BCUT2D eigenvalue weighted by Gasteiger charge is -2.59. The minimum Gasteiger partial charge on any atom is -0.372 e. The van der Waals surface area contributed by atoms with Crippen molar-refractivity contribution in [1.29, 1.82) is 0 Å². The lowest BCUT2D eigenvalue weighted by molar-refractivity contribution is -0.174. The van der Waals surface area contributed by atoms with E-state index in [1.165, 1.54) is 0 Å². The molecule has 1 spiro atoms. The van der Waals surface area contributed by atoms with Crippen LogP contribution in [0.25, 0.3) is 5.03 Å². The number of fused-ring (bicyclic) bond motifs is 5. The van der Waals surface area contributed by atoms with Gasteiger partial charge >= 0.3 is 6.03 Å². The number of aromatic nitrogens is 1. The molecule has 3 saturated heterocycles. The molecule has 0 saturated carbocycles. The number of morpholine rings is 1. The van der Waals surface area contributed by atoms with E-state index in [2.05, 4.69) is 15.8 Å². The van der Waals surface area contributed by atoms with E-state index < -0.39 is 35.4 Å². The molecule has 11 heteroatoms. The highest BCUT2D eigenvalue weighted by molar-refractivity contribution is 6.49. The Morgan fingerprint density at radius 2 is 1.93 bits per heavy atom. The highest BCUT2D eigenvalue weighted by atomic mass is 35.5. The maximum absolute atomic E-state index is 13.2. The Morgan fingerprint density at radius 3 is 2.62 bits per heavy atom. The summed E-state index contributed by atoms with van der Waals surface area (Å²) < 4.78 is 11.4. The van der Waals surface area contributed by atoms with E-state index in [0.29, 0.717) is 23.0 Å². The Labute approximate surface area is 171 Å². The van der Waals surface area contributed by atoms with E-state index in [0.717, 1.165) is 5.70 Å². The summed E-state index contributed by atoms with van der Waals surface area (Å²) in [7, 11) is 1.84. The maximum Gasteiger partial charge on any atom is 0.328 e. The molecule has 2 N–H and O–H groups in total. The molecule has 5 rings (SSSR count). The lowest BCUT2D eigenvalue weighted by atomic mass is 9.65. The van der Waals surface area contributed by atoms with Gasteiger partial charge in [0.05, 0.1) is 36.2 Å². The number of hydrogen-bond acceptors (Lipinski definition) is 8. The Morgan fingerprint density at radius 1 is 1.24 bits per heavy atom. The molecular formula is C18H20ClN5O5. The second-order valence-corrected chi connectivity index (χ2v) is 8.41. The number of imide groups is 2. The zero-order valence-electron chi connectivity index (χ0n) is 16.1. The summed E-state index contributed by atoms with van der Waals surface area (Å²) in [6.45, 7) is 4.19. The molecule has 4 aliphatic heterocycles. The molecule has 0 bridgehead atoms. The molecule has 0 aromatic carbocycles. The molecule has 0 aliphatic carbocycles. The predicted molar refractivity (Wildman–Crippen MR) is 101 cm³/mol. The molecule has 4 amide bonds. The summed E-state index contributed by atoms with van der Waals surface area (Å²) in [4.78, 5) is 42.0. The number of barbiturate groups is 1. The molecule has 29 heavy (non-hydrogen) atoms. The fourth-order valence-electron chi connectivity index (χ4n) is 5.29. The number of amides is 4. The van der Waals surface area contributed by atoms with Crippen molar-refractivity contribution in [3.05, 3.63) is 17.7 Å². The van der Waals surface area contributed by atoms with E-state index in [4.69, 9.17) is 20.9 Å². The molecule has 1 aromatic rings. The van der Waals surface area contributed by atoms with Crippen LogP contribution in [0.2, 0.25) is 0 Å². The highest BCUT2D eigenvalue weighted by Gasteiger charge is 2.65. The van der Waals surface area contributed by atoms with Crippen molar-refractivity contribution in [3.8, 4) is 0 Å². The van der Waals surface area contributed by atoms with Crippen molar-refractivity contribution in [2.45, 2.75) is 44.6 Å². The van der Waals surface area contributed by atoms with Gasteiger partial charge in [0.2, 0.25) is 17.6 Å². The molecule has 154 valence electrons. The van der Waals surface area contributed by atoms with Crippen LogP contribution in [0, 0.1) is 5.41 Å². The zero-order valence-corrected chi connectivity index (χ0v) is 16.8. The van der Waals surface area contributed by atoms with Gasteiger partial charge in [-0.3, -0.25) is 20.2 Å². The summed E-state index contributed by atoms with van der Waals surface area (Å²) in [5.74, 6) is -0.786. The van der Waals surface area contributed by atoms with E-state index in [9.17, 15) is 14.4 Å². The van der Waals surface area contributed by atoms with Crippen molar-refractivity contribution < 1.29 is 23.6 Å². The third-order valence-electron chi connectivity index (χ3n) is 6.41. The first kappa shape index (κ1) is 18.4. The van der Waals surface area contributed by atoms with Crippen molar-refractivity contribution >= 4 is 40.2 Å². The molecule has 3 fully saturated rings. The van der Waals surface area contributed by atoms with Gasteiger partial charge in [-0.2, -0.15) is 0 Å². The van der Waals surface area contributed by atoms with Crippen molar-refractivity contribution in [1.82, 2.24) is 20.7 Å². The number of likely N-dealkylation sites (N-methyl/N-ethyl adjacent to an activating group) is 1. The number of nitrogens with zero attached hydrogens (tertiary/aromatic N) is 3. The normalized spacial score (nSPS) is 33.2. The van der Waals surface area contributed by atoms with Crippen molar-refractivity contribution in [2.24, 2.45) is 5.41 Å². The number of anilines is 1. The largest absolute Gasteiger partial charge is 0.372 e. The zero-order chi connectivity index (χ0) is 20.7. The molecule has 1 unspecified atom stereocenters. The highest BCUT2D eigenvalue weighted by Crippen LogP contribution is 2.52. The first-order chi connectivity index (χ1) is 13.8. The van der Waals surface area contributed by atoms with Gasteiger partial charge in [0.1, 0.15) is 10.7 Å². The average molecular weight is 422 g/mol. The van der Waals surface area contributed by atoms with Crippen LogP contribution in [0.5, 0.6) is 0 Å². The fourth-order valence-corrected chi connectivity index (χ4v) is 5.66. The number of ether oxygens (including phenoxy) is 1. The number of urea groups is 1.